The van der Waals surface area contributed by atoms with Gasteiger partial charge in [0, 0.05) is 25.1 Å². The van der Waals surface area contributed by atoms with E-state index in [4.69, 9.17) is 9.26 Å². The Balaban J connectivity index is 1.28. The van der Waals surface area contributed by atoms with E-state index in [0.717, 1.165) is 24.0 Å². The SMILES string of the molecule is O=S(=O)(Cc1ccccc1)N1CCCC(OCCc2noc(-c3ccccc3)n2)C1. The van der Waals surface area contributed by atoms with E-state index in [1.165, 1.54) is 0 Å². The Bertz CT molecular complexity index is 1040. The summed E-state index contributed by atoms with van der Waals surface area (Å²) in [4.78, 5) is 4.40. The van der Waals surface area contributed by atoms with E-state index >= 15 is 0 Å². The van der Waals surface area contributed by atoms with Crippen LogP contribution in [-0.2, 0) is 26.9 Å². The van der Waals surface area contributed by atoms with Crippen LogP contribution in [0.25, 0.3) is 11.5 Å². The molecule has 0 radical (unpaired) electrons. The molecule has 3 aromatic rings. The first-order valence-corrected chi connectivity index (χ1v) is 11.7. The zero-order valence-electron chi connectivity index (χ0n) is 16.7. The molecule has 0 bridgehead atoms. The molecule has 30 heavy (non-hydrogen) atoms. The van der Waals surface area contributed by atoms with Gasteiger partial charge in [-0.2, -0.15) is 9.29 Å². The molecule has 0 spiro atoms. The summed E-state index contributed by atoms with van der Waals surface area (Å²) in [6.45, 7) is 1.35. The van der Waals surface area contributed by atoms with Gasteiger partial charge in [-0.15, -0.1) is 0 Å². The highest BCUT2D eigenvalue weighted by Crippen LogP contribution is 2.20. The lowest BCUT2D eigenvalue weighted by atomic mass is 10.1. The van der Waals surface area contributed by atoms with Crippen molar-refractivity contribution >= 4 is 10.0 Å². The number of sulfonamides is 1. The predicted molar refractivity (Wildman–Crippen MR) is 113 cm³/mol. The fourth-order valence-corrected chi connectivity index (χ4v) is 5.14. The van der Waals surface area contributed by atoms with E-state index < -0.39 is 10.0 Å². The molecule has 7 nitrogen and oxygen atoms in total. The molecule has 1 aromatic heterocycles. The summed E-state index contributed by atoms with van der Waals surface area (Å²) in [6, 6.07) is 18.9. The fourth-order valence-electron chi connectivity index (χ4n) is 3.54. The van der Waals surface area contributed by atoms with Crippen LogP contribution in [0.1, 0.15) is 24.2 Å². The molecule has 1 unspecified atom stereocenters. The minimum absolute atomic E-state index is 0.0195. The van der Waals surface area contributed by atoms with Crippen LogP contribution >= 0.6 is 0 Å². The van der Waals surface area contributed by atoms with Gasteiger partial charge >= 0.3 is 0 Å². The van der Waals surface area contributed by atoms with Crippen LogP contribution in [0.3, 0.4) is 0 Å². The highest BCUT2D eigenvalue weighted by atomic mass is 32.2. The molecule has 0 aliphatic carbocycles. The van der Waals surface area contributed by atoms with Crippen LogP contribution in [0.5, 0.6) is 0 Å². The number of benzene rings is 2. The number of aromatic nitrogens is 2. The average Bonchev–Trinajstić information content (AvgIpc) is 3.24. The molecule has 1 atom stereocenters. The Morgan fingerprint density at radius 1 is 1.07 bits per heavy atom. The van der Waals surface area contributed by atoms with E-state index in [9.17, 15) is 8.42 Å². The quantitative estimate of drug-likeness (QED) is 0.548. The summed E-state index contributed by atoms with van der Waals surface area (Å²) in [5, 5.41) is 4.00. The molecule has 0 amide bonds. The van der Waals surface area contributed by atoms with Gasteiger partial charge in [0.25, 0.3) is 5.89 Å². The number of hydrogen-bond donors (Lipinski definition) is 0. The van der Waals surface area contributed by atoms with Gasteiger partial charge in [0.15, 0.2) is 5.82 Å². The first-order chi connectivity index (χ1) is 14.6. The smallest absolute Gasteiger partial charge is 0.257 e. The molecular weight excluding hydrogens is 402 g/mol. The summed E-state index contributed by atoms with van der Waals surface area (Å²) in [5.41, 5.74) is 1.68. The third kappa shape index (κ3) is 5.33. The van der Waals surface area contributed by atoms with Crippen molar-refractivity contribution < 1.29 is 17.7 Å². The average molecular weight is 428 g/mol. The summed E-state index contributed by atoms with van der Waals surface area (Å²) in [5.74, 6) is 1.09. The van der Waals surface area contributed by atoms with E-state index in [-0.39, 0.29) is 11.9 Å². The van der Waals surface area contributed by atoms with E-state index in [1.807, 2.05) is 60.7 Å². The van der Waals surface area contributed by atoms with Crippen molar-refractivity contribution in [1.29, 1.82) is 0 Å². The molecular formula is C22H25N3O4S. The highest BCUT2D eigenvalue weighted by molar-refractivity contribution is 7.88. The maximum atomic E-state index is 12.8. The van der Waals surface area contributed by atoms with Gasteiger partial charge in [0.05, 0.1) is 18.5 Å². The number of ether oxygens (including phenoxy) is 1. The molecule has 1 aliphatic heterocycles. The second-order valence-corrected chi connectivity index (χ2v) is 9.34. The largest absolute Gasteiger partial charge is 0.376 e. The molecule has 1 fully saturated rings. The van der Waals surface area contributed by atoms with Crippen molar-refractivity contribution in [1.82, 2.24) is 14.4 Å². The van der Waals surface area contributed by atoms with Crippen molar-refractivity contribution in [2.45, 2.75) is 31.1 Å². The van der Waals surface area contributed by atoms with Gasteiger partial charge in [-0.1, -0.05) is 53.7 Å². The summed E-state index contributed by atoms with van der Waals surface area (Å²) >= 11 is 0. The first-order valence-electron chi connectivity index (χ1n) is 10.1. The number of nitrogens with zero attached hydrogens (tertiary/aromatic N) is 3. The van der Waals surface area contributed by atoms with Crippen LogP contribution in [0.4, 0.5) is 0 Å². The van der Waals surface area contributed by atoms with Crippen molar-refractivity contribution in [2.75, 3.05) is 19.7 Å². The van der Waals surface area contributed by atoms with Crippen molar-refractivity contribution in [3.05, 3.63) is 72.1 Å². The van der Waals surface area contributed by atoms with Crippen LogP contribution in [0, 0.1) is 0 Å². The molecule has 2 heterocycles. The minimum atomic E-state index is -3.36. The third-order valence-electron chi connectivity index (χ3n) is 5.09. The second kappa shape index (κ2) is 9.51. The Labute approximate surface area is 176 Å². The Morgan fingerprint density at radius 2 is 1.80 bits per heavy atom. The lowest BCUT2D eigenvalue weighted by Gasteiger charge is -2.31. The Kier molecular flexibility index (Phi) is 6.56. The minimum Gasteiger partial charge on any atom is -0.376 e. The lowest BCUT2D eigenvalue weighted by molar-refractivity contribution is 0.0198. The highest BCUT2D eigenvalue weighted by Gasteiger charge is 2.29. The molecule has 2 aromatic carbocycles. The first kappa shape index (κ1) is 20.7. The molecule has 0 N–H and O–H groups in total. The van der Waals surface area contributed by atoms with Gasteiger partial charge in [-0.05, 0) is 30.5 Å². The van der Waals surface area contributed by atoms with Crippen molar-refractivity contribution in [3.8, 4) is 11.5 Å². The summed E-state index contributed by atoms with van der Waals surface area (Å²) in [7, 11) is -3.36. The molecule has 158 valence electrons. The van der Waals surface area contributed by atoms with Gasteiger partial charge in [-0.3, -0.25) is 0 Å². The Morgan fingerprint density at radius 3 is 2.57 bits per heavy atom. The topological polar surface area (TPSA) is 85.5 Å². The molecule has 1 aliphatic rings. The summed E-state index contributed by atoms with van der Waals surface area (Å²) < 4.78 is 38.4. The second-order valence-electron chi connectivity index (χ2n) is 7.37. The Hall–Kier alpha value is -2.55. The maximum Gasteiger partial charge on any atom is 0.257 e. The van der Waals surface area contributed by atoms with Gasteiger partial charge < -0.3 is 9.26 Å². The molecule has 1 saturated heterocycles. The van der Waals surface area contributed by atoms with Crippen LogP contribution in [0.2, 0.25) is 0 Å². The molecule has 4 rings (SSSR count). The lowest BCUT2D eigenvalue weighted by Crippen LogP contribution is -2.43. The standard InChI is InChI=1S/C22H25N3O4S/c26-30(27,17-18-8-3-1-4-9-18)25-14-7-12-20(16-25)28-15-13-21-23-22(29-24-21)19-10-5-2-6-11-19/h1-6,8-11,20H,7,12-17H2. The predicted octanol–water partition coefficient (Wildman–Crippen LogP) is 3.29. The third-order valence-corrected chi connectivity index (χ3v) is 6.91. The van der Waals surface area contributed by atoms with E-state index in [0.29, 0.717) is 37.8 Å². The summed E-state index contributed by atoms with van der Waals surface area (Å²) in [6.07, 6.45) is 2.03. The monoisotopic (exact) mass is 427 g/mol. The molecule has 8 heteroatoms. The number of hydrogen-bond acceptors (Lipinski definition) is 6. The van der Waals surface area contributed by atoms with Crippen LogP contribution in [-0.4, -0.2) is 48.7 Å². The zero-order valence-corrected chi connectivity index (χ0v) is 17.5. The van der Waals surface area contributed by atoms with Gasteiger partial charge in [0.2, 0.25) is 10.0 Å². The van der Waals surface area contributed by atoms with Gasteiger partial charge in [0.1, 0.15) is 0 Å². The number of rotatable bonds is 8. The van der Waals surface area contributed by atoms with E-state index in [1.54, 1.807) is 4.31 Å². The molecule has 0 saturated carbocycles. The zero-order chi connectivity index (χ0) is 20.8. The number of piperidine rings is 1. The van der Waals surface area contributed by atoms with Crippen molar-refractivity contribution in [3.63, 3.8) is 0 Å². The normalized spacial score (nSPS) is 17.8. The van der Waals surface area contributed by atoms with E-state index in [2.05, 4.69) is 10.1 Å². The van der Waals surface area contributed by atoms with Crippen molar-refractivity contribution in [2.24, 2.45) is 0 Å². The van der Waals surface area contributed by atoms with Crippen LogP contribution in [0.15, 0.2) is 65.2 Å². The van der Waals surface area contributed by atoms with Crippen LogP contribution < -0.4 is 0 Å². The van der Waals surface area contributed by atoms with Gasteiger partial charge in [-0.25, -0.2) is 8.42 Å². The fraction of sp³-hybridized carbons (Fsp3) is 0.364. The maximum absolute atomic E-state index is 12.8.